The zero-order valence-electron chi connectivity index (χ0n) is 15.6. The number of aryl methyl sites for hydroxylation is 1. The number of aliphatic hydroxyl groups excluding tert-OH is 3. The van der Waals surface area contributed by atoms with Crippen LogP contribution in [-0.4, -0.2) is 39.5 Å². The number of hydrogen-bond acceptors (Lipinski definition) is 5. The normalized spacial score (nSPS) is 26.9. The molecule has 150 valence electrons. The minimum atomic E-state index is -0.589. The highest BCUT2D eigenvalue weighted by atomic mass is 32.1. The standard InChI is InChI=1S/C21H31NO4S/c22-21(26)6-4-2-1-3-5-17-18(20(25)13-19(17)24)10-9-16(23)8-7-15-11-12-27-14-15/h1,3,9-12,14,16-20,23-25H,2,4-8,13H2,(H2,22,26)/b3-1-,10-9+/t16?,17-,18-,19?,20?/m1/s1. The average molecular weight is 394 g/mol. The summed E-state index contributed by atoms with van der Waals surface area (Å²) in [6.07, 6.45) is 10.3. The van der Waals surface area contributed by atoms with Crippen LogP contribution < -0.4 is 5.73 Å². The van der Waals surface area contributed by atoms with Gasteiger partial charge in [0.05, 0.1) is 18.3 Å². The quantitative estimate of drug-likeness (QED) is 0.343. The number of carbonyl (C=O) groups is 1. The number of primary amides is 1. The summed E-state index contributed by atoms with van der Waals surface area (Å²) < 4.78 is 0. The van der Waals surface area contributed by atoms with E-state index < -0.39 is 18.3 Å². The number of thiophene rings is 1. The lowest BCUT2D eigenvalue weighted by Gasteiger charge is -2.19. The van der Waals surface area contributed by atoms with Gasteiger partial charge in [-0.1, -0.05) is 24.3 Å². The van der Waals surface area contributed by atoms with E-state index in [2.05, 4.69) is 11.4 Å². The number of aliphatic hydroxyl groups is 3. The van der Waals surface area contributed by atoms with Gasteiger partial charge in [-0.2, -0.15) is 11.3 Å². The third-order valence-electron chi connectivity index (χ3n) is 5.15. The van der Waals surface area contributed by atoms with Gasteiger partial charge in [-0.15, -0.1) is 0 Å². The summed E-state index contributed by atoms with van der Waals surface area (Å²) in [6.45, 7) is 0. The van der Waals surface area contributed by atoms with Crippen molar-refractivity contribution >= 4 is 17.2 Å². The molecule has 6 heteroatoms. The van der Waals surface area contributed by atoms with E-state index in [0.29, 0.717) is 25.7 Å². The first-order valence-corrected chi connectivity index (χ1v) is 10.6. The Balaban J connectivity index is 1.81. The first kappa shape index (κ1) is 21.8. The molecular formula is C21H31NO4S. The van der Waals surface area contributed by atoms with Crippen LogP contribution >= 0.6 is 11.3 Å². The van der Waals surface area contributed by atoms with Crippen molar-refractivity contribution in [3.8, 4) is 0 Å². The summed E-state index contributed by atoms with van der Waals surface area (Å²) in [4.78, 5) is 10.7. The van der Waals surface area contributed by atoms with Crippen LogP contribution in [0.5, 0.6) is 0 Å². The molecule has 1 amide bonds. The molecular weight excluding hydrogens is 362 g/mol. The smallest absolute Gasteiger partial charge is 0.217 e. The van der Waals surface area contributed by atoms with Gasteiger partial charge in [-0.05, 0) is 60.4 Å². The molecule has 2 rings (SSSR count). The Morgan fingerprint density at radius 3 is 2.85 bits per heavy atom. The molecule has 1 aliphatic carbocycles. The van der Waals surface area contributed by atoms with Gasteiger partial charge in [0.2, 0.25) is 5.91 Å². The van der Waals surface area contributed by atoms with E-state index in [1.54, 1.807) is 17.4 Å². The number of carbonyl (C=O) groups excluding carboxylic acids is 1. The number of rotatable bonds is 11. The largest absolute Gasteiger partial charge is 0.393 e. The summed E-state index contributed by atoms with van der Waals surface area (Å²) in [5.74, 6) is -0.515. The number of hydrogen-bond donors (Lipinski definition) is 4. The Bertz CT molecular complexity index is 614. The summed E-state index contributed by atoms with van der Waals surface area (Å²) in [5.41, 5.74) is 6.34. The van der Waals surface area contributed by atoms with E-state index in [9.17, 15) is 20.1 Å². The molecule has 1 aromatic heterocycles. The van der Waals surface area contributed by atoms with Gasteiger partial charge < -0.3 is 21.1 Å². The minimum Gasteiger partial charge on any atom is -0.393 e. The van der Waals surface area contributed by atoms with Crippen molar-refractivity contribution in [3.05, 3.63) is 46.7 Å². The Morgan fingerprint density at radius 2 is 2.15 bits per heavy atom. The zero-order valence-corrected chi connectivity index (χ0v) is 16.4. The van der Waals surface area contributed by atoms with Crippen LogP contribution in [0.4, 0.5) is 0 Å². The molecule has 5 N–H and O–H groups in total. The second kappa shape index (κ2) is 11.4. The van der Waals surface area contributed by atoms with Crippen LogP contribution in [0, 0.1) is 11.8 Å². The molecule has 0 spiro atoms. The lowest BCUT2D eigenvalue weighted by molar-refractivity contribution is -0.118. The fourth-order valence-corrected chi connectivity index (χ4v) is 4.28. The Morgan fingerprint density at radius 1 is 1.33 bits per heavy atom. The highest BCUT2D eigenvalue weighted by molar-refractivity contribution is 7.07. The van der Waals surface area contributed by atoms with E-state index in [1.807, 2.05) is 23.6 Å². The summed E-state index contributed by atoms with van der Waals surface area (Å²) in [5, 5.41) is 34.8. The van der Waals surface area contributed by atoms with Gasteiger partial charge in [-0.3, -0.25) is 4.79 Å². The lowest BCUT2D eigenvalue weighted by Crippen LogP contribution is -2.20. The number of nitrogens with two attached hydrogens (primary N) is 1. The van der Waals surface area contributed by atoms with Crippen LogP contribution in [0.15, 0.2) is 41.1 Å². The molecule has 3 unspecified atom stereocenters. The summed E-state index contributed by atoms with van der Waals surface area (Å²) >= 11 is 1.65. The molecule has 0 aromatic carbocycles. The molecule has 0 saturated heterocycles. The molecule has 0 bridgehead atoms. The van der Waals surface area contributed by atoms with Gasteiger partial charge in [0.1, 0.15) is 0 Å². The van der Waals surface area contributed by atoms with E-state index in [-0.39, 0.29) is 17.7 Å². The van der Waals surface area contributed by atoms with Gasteiger partial charge in [0.15, 0.2) is 0 Å². The third-order valence-corrected chi connectivity index (χ3v) is 5.88. The van der Waals surface area contributed by atoms with E-state index in [1.165, 1.54) is 5.56 Å². The second-order valence-corrected chi connectivity index (χ2v) is 8.08. The first-order valence-electron chi connectivity index (χ1n) is 9.64. The number of unbranched alkanes of at least 4 members (excludes halogenated alkanes) is 1. The van der Waals surface area contributed by atoms with Gasteiger partial charge in [0.25, 0.3) is 0 Å². The lowest BCUT2D eigenvalue weighted by atomic mass is 9.89. The van der Waals surface area contributed by atoms with Crippen LogP contribution in [-0.2, 0) is 11.2 Å². The van der Waals surface area contributed by atoms with Crippen LogP contribution in [0.3, 0.4) is 0 Å². The number of allylic oxidation sites excluding steroid dienone is 2. The molecule has 27 heavy (non-hydrogen) atoms. The molecule has 1 aromatic rings. The molecule has 5 atom stereocenters. The zero-order chi connectivity index (χ0) is 19.6. The molecule has 1 fully saturated rings. The average Bonchev–Trinajstić information content (AvgIpc) is 3.22. The fraction of sp³-hybridized carbons (Fsp3) is 0.571. The highest BCUT2D eigenvalue weighted by Gasteiger charge is 2.39. The van der Waals surface area contributed by atoms with Gasteiger partial charge in [0, 0.05) is 18.8 Å². The van der Waals surface area contributed by atoms with Crippen LogP contribution in [0.25, 0.3) is 0 Å². The maximum atomic E-state index is 10.7. The van der Waals surface area contributed by atoms with Crippen LogP contribution in [0.2, 0.25) is 0 Å². The van der Waals surface area contributed by atoms with Gasteiger partial charge in [-0.25, -0.2) is 0 Å². The van der Waals surface area contributed by atoms with E-state index in [0.717, 1.165) is 19.3 Å². The van der Waals surface area contributed by atoms with Crippen molar-refractivity contribution in [2.45, 2.75) is 63.3 Å². The van der Waals surface area contributed by atoms with Crippen molar-refractivity contribution in [1.29, 1.82) is 0 Å². The molecule has 1 saturated carbocycles. The predicted octanol–water partition coefficient (Wildman–Crippen LogP) is 2.56. The van der Waals surface area contributed by atoms with Crippen molar-refractivity contribution in [2.24, 2.45) is 17.6 Å². The Hall–Kier alpha value is -1.47. The van der Waals surface area contributed by atoms with Crippen molar-refractivity contribution in [2.75, 3.05) is 0 Å². The SMILES string of the molecule is NC(=O)CCC/C=C\C[C@H]1C(O)CC(O)[C@@H]1/C=C/C(O)CCc1ccsc1. The predicted molar refractivity (Wildman–Crippen MR) is 108 cm³/mol. The maximum Gasteiger partial charge on any atom is 0.217 e. The van der Waals surface area contributed by atoms with Crippen molar-refractivity contribution < 1.29 is 20.1 Å². The Labute approximate surface area is 165 Å². The van der Waals surface area contributed by atoms with Crippen molar-refractivity contribution in [1.82, 2.24) is 0 Å². The monoisotopic (exact) mass is 393 g/mol. The fourth-order valence-electron chi connectivity index (χ4n) is 3.57. The van der Waals surface area contributed by atoms with Crippen LogP contribution in [0.1, 0.15) is 44.1 Å². The molecule has 0 radical (unpaired) electrons. The molecule has 1 aliphatic rings. The van der Waals surface area contributed by atoms with E-state index in [4.69, 9.17) is 5.73 Å². The summed E-state index contributed by atoms with van der Waals surface area (Å²) in [6, 6.07) is 2.06. The van der Waals surface area contributed by atoms with Gasteiger partial charge >= 0.3 is 0 Å². The van der Waals surface area contributed by atoms with Crippen molar-refractivity contribution in [3.63, 3.8) is 0 Å². The summed E-state index contributed by atoms with van der Waals surface area (Å²) in [7, 11) is 0. The first-order chi connectivity index (χ1) is 13.0. The second-order valence-electron chi connectivity index (χ2n) is 7.30. The molecule has 5 nitrogen and oxygen atoms in total. The number of amides is 1. The van der Waals surface area contributed by atoms with E-state index >= 15 is 0 Å². The third kappa shape index (κ3) is 7.58. The molecule has 0 aliphatic heterocycles. The highest BCUT2D eigenvalue weighted by Crippen LogP contribution is 2.36. The minimum absolute atomic E-state index is 0.0623. The maximum absolute atomic E-state index is 10.7. The topological polar surface area (TPSA) is 104 Å². The Kier molecular flexibility index (Phi) is 9.21. The molecule has 1 heterocycles.